The van der Waals surface area contributed by atoms with Crippen LogP contribution in [0.15, 0.2) is 54.1 Å². The summed E-state index contributed by atoms with van der Waals surface area (Å²) in [5, 5.41) is 22.1. The van der Waals surface area contributed by atoms with E-state index in [1.165, 1.54) is 112 Å². The monoisotopic (exact) mass is 566 g/mol. The van der Waals surface area contributed by atoms with E-state index in [2.05, 4.69) is 6.92 Å². The highest BCUT2D eigenvalue weighted by molar-refractivity contribution is 6.46. The van der Waals surface area contributed by atoms with E-state index >= 15 is 0 Å². The Balaban J connectivity index is 1.58. The second-order valence-electron chi connectivity index (χ2n) is 10.9. The number of aliphatic hydroxyl groups excluding tert-OH is 1. The predicted octanol–water partition coefficient (Wildman–Crippen LogP) is 8.64. The van der Waals surface area contributed by atoms with Crippen LogP contribution in [0.1, 0.15) is 114 Å². The van der Waals surface area contributed by atoms with Crippen molar-refractivity contribution in [2.45, 2.75) is 103 Å². The van der Waals surface area contributed by atoms with Gasteiger partial charge in [-0.1, -0.05) is 109 Å². The molecule has 2 aromatic carbocycles. The van der Waals surface area contributed by atoms with Gasteiger partial charge in [-0.25, -0.2) is 4.39 Å². The van der Waals surface area contributed by atoms with E-state index in [0.717, 1.165) is 19.3 Å². The van der Waals surface area contributed by atoms with Gasteiger partial charge in [0.1, 0.15) is 11.6 Å². The summed E-state index contributed by atoms with van der Waals surface area (Å²) in [6.07, 6.45) is 16.7. The summed E-state index contributed by atoms with van der Waals surface area (Å²) < 4.78 is 14.9. The summed E-state index contributed by atoms with van der Waals surface area (Å²) in [5.41, 5.74) is -0.114. The van der Waals surface area contributed by atoms with Crippen LogP contribution >= 0.6 is 0 Å². The van der Waals surface area contributed by atoms with Gasteiger partial charge in [-0.15, -0.1) is 0 Å². The number of nitro benzene ring substituents is 1. The minimum atomic E-state index is -1.08. The van der Waals surface area contributed by atoms with E-state index in [4.69, 9.17) is 0 Å². The van der Waals surface area contributed by atoms with E-state index < -0.39 is 34.2 Å². The van der Waals surface area contributed by atoms with Crippen molar-refractivity contribution < 1.29 is 24.0 Å². The second-order valence-corrected chi connectivity index (χ2v) is 10.9. The van der Waals surface area contributed by atoms with Crippen molar-refractivity contribution >= 4 is 23.1 Å². The average Bonchev–Trinajstić information content (AvgIpc) is 3.22. The molecular weight excluding hydrogens is 523 g/mol. The number of carbonyl (C=O) groups excluding carboxylic acids is 2. The Bertz CT molecular complexity index is 1190. The number of hydrogen-bond donors (Lipinski definition) is 1. The quantitative estimate of drug-likeness (QED) is 0.0486. The van der Waals surface area contributed by atoms with Crippen LogP contribution in [0.3, 0.4) is 0 Å². The first-order valence-electron chi connectivity index (χ1n) is 15.1. The van der Waals surface area contributed by atoms with Gasteiger partial charge in [0.05, 0.1) is 16.5 Å². The smallest absolute Gasteiger partial charge is 0.295 e. The van der Waals surface area contributed by atoms with Gasteiger partial charge in [-0.05, 0) is 24.6 Å². The number of halogens is 1. The maximum atomic E-state index is 14.9. The number of rotatable bonds is 18. The van der Waals surface area contributed by atoms with Gasteiger partial charge in [0, 0.05) is 29.8 Å². The third-order valence-electron chi connectivity index (χ3n) is 7.84. The normalized spacial score (nSPS) is 16.4. The van der Waals surface area contributed by atoms with E-state index in [-0.39, 0.29) is 28.9 Å². The maximum Gasteiger partial charge on any atom is 0.295 e. The molecule has 41 heavy (non-hydrogen) atoms. The minimum absolute atomic E-state index is 0.125. The molecule has 8 heteroatoms. The molecule has 0 aliphatic carbocycles. The summed E-state index contributed by atoms with van der Waals surface area (Å²) in [5.74, 6) is -2.73. The van der Waals surface area contributed by atoms with Crippen LogP contribution in [0, 0.1) is 15.9 Å². The molecule has 0 saturated carbocycles. The number of carbonyl (C=O) groups is 2. The zero-order valence-electron chi connectivity index (χ0n) is 24.2. The number of non-ortho nitro benzene ring substituents is 1. The van der Waals surface area contributed by atoms with Gasteiger partial charge in [0.15, 0.2) is 0 Å². The van der Waals surface area contributed by atoms with Gasteiger partial charge in [-0.2, -0.15) is 0 Å². The summed E-state index contributed by atoms with van der Waals surface area (Å²) in [7, 11) is 0. The van der Waals surface area contributed by atoms with E-state index in [1.54, 1.807) is 6.07 Å². The molecule has 1 aliphatic rings. The molecule has 7 nitrogen and oxygen atoms in total. The molecule has 1 amide bonds. The molecule has 1 fully saturated rings. The van der Waals surface area contributed by atoms with Crippen molar-refractivity contribution in [3.63, 3.8) is 0 Å². The van der Waals surface area contributed by atoms with Gasteiger partial charge in [0.2, 0.25) is 0 Å². The minimum Gasteiger partial charge on any atom is -0.507 e. The highest BCUT2D eigenvalue weighted by Crippen LogP contribution is 2.40. The number of Topliss-reactive ketones (excluding diaryl/α,β-unsaturated/α-hetero) is 1. The van der Waals surface area contributed by atoms with Crippen molar-refractivity contribution in [2.24, 2.45) is 0 Å². The molecule has 1 heterocycles. The van der Waals surface area contributed by atoms with Crippen molar-refractivity contribution in [2.75, 3.05) is 6.54 Å². The molecule has 0 radical (unpaired) electrons. The van der Waals surface area contributed by atoms with E-state index in [0.29, 0.717) is 6.42 Å². The third-order valence-corrected chi connectivity index (χ3v) is 7.84. The first-order valence-corrected chi connectivity index (χ1v) is 15.1. The zero-order valence-corrected chi connectivity index (χ0v) is 24.2. The fourth-order valence-electron chi connectivity index (χ4n) is 5.50. The van der Waals surface area contributed by atoms with Crippen LogP contribution in [0.2, 0.25) is 0 Å². The Morgan fingerprint density at radius 2 is 1.34 bits per heavy atom. The Morgan fingerprint density at radius 1 is 0.829 bits per heavy atom. The van der Waals surface area contributed by atoms with Crippen molar-refractivity contribution in [3.05, 3.63) is 81.2 Å². The number of ketones is 1. The van der Waals surface area contributed by atoms with Crippen LogP contribution in [0.4, 0.5) is 10.1 Å². The van der Waals surface area contributed by atoms with Crippen LogP contribution in [0.25, 0.3) is 5.76 Å². The highest BCUT2D eigenvalue weighted by atomic mass is 19.1. The van der Waals surface area contributed by atoms with Gasteiger partial charge >= 0.3 is 0 Å². The first kappa shape index (κ1) is 32.0. The molecule has 2 aromatic rings. The molecule has 0 bridgehead atoms. The fourth-order valence-corrected chi connectivity index (χ4v) is 5.50. The average molecular weight is 567 g/mol. The maximum absolute atomic E-state index is 14.9. The fraction of sp³-hybridized carbons (Fsp3) is 0.515. The number of unbranched alkanes of at least 4 members (excludes halogenated alkanes) is 13. The van der Waals surface area contributed by atoms with E-state index in [1.807, 2.05) is 0 Å². The lowest BCUT2D eigenvalue weighted by molar-refractivity contribution is -0.384. The number of aliphatic hydroxyl groups is 1. The van der Waals surface area contributed by atoms with Crippen molar-refractivity contribution in [1.29, 1.82) is 0 Å². The predicted molar refractivity (Wildman–Crippen MR) is 159 cm³/mol. The van der Waals surface area contributed by atoms with Crippen molar-refractivity contribution in [1.82, 2.24) is 4.90 Å². The molecule has 222 valence electrons. The first-order chi connectivity index (χ1) is 19.9. The molecular formula is C33H43FN2O5. The lowest BCUT2D eigenvalue weighted by Crippen LogP contribution is -2.31. The Morgan fingerprint density at radius 3 is 1.85 bits per heavy atom. The zero-order chi connectivity index (χ0) is 29.6. The number of likely N-dealkylation sites (tertiary alicyclic amines) is 1. The SMILES string of the molecule is CCCCCCCCCCCCCCCCN1C(=O)C(=O)/C(=C(/O)c2ccc([N+](=O)[O-])cc2)[C@@H]1c1ccccc1F. The van der Waals surface area contributed by atoms with Gasteiger partial charge in [-0.3, -0.25) is 19.7 Å². The Hall–Kier alpha value is -3.55. The second kappa shape index (κ2) is 16.7. The van der Waals surface area contributed by atoms with Crippen molar-refractivity contribution in [3.8, 4) is 0 Å². The van der Waals surface area contributed by atoms with E-state index in [9.17, 15) is 29.2 Å². The summed E-state index contributed by atoms with van der Waals surface area (Å²) in [6.45, 7) is 2.50. The lowest BCUT2D eigenvalue weighted by atomic mass is 9.94. The van der Waals surface area contributed by atoms with Crippen LogP contribution < -0.4 is 0 Å². The van der Waals surface area contributed by atoms with Gasteiger partial charge in [0.25, 0.3) is 17.4 Å². The Labute approximate surface area is 242 Å². The molecule has 3 rings (SSSR count). The molecule has 1 saturated heterocycles. The number of hydrogen-bond acceptors (Lipinski definition) is 5. The standard InChI is InChI=1S/C33H43FN2O5/c1-2-3-4-5-6-7-8-9-10-11-12-13-14-17-24-35-30(27-18-15-16-19-28(27)34)29(32(38)33(35)39)31(37)25-20-22-26(23-21-25)36(40)41/h15-16,18-23,30,37H,2-14,17,24H2,1H3/b31-29+/t30-/m0/s1. The van der Waals surface area contributed by atoms with Crippen LogP contribution in [0.5, 0.6) is 0 Å². The number of benzene rings is 2. The molecule has 1 atom stereocenters. The highest BCUT2D eigenvalue weighted by Gasteiger charge is 2.46. The molecule has 0 spiro atoms. The summed E-state index contributed by atoms with van der Waals surface area (Å²) in [6, 6.07) is 9.87. The lowest BCUT2D eigenvalue weighted by Gasteiger charge is -2.25. The van der Waals surface area contributed by atoms with Gasteiger partial charge < -0.3 is 10.0 Å². The molecule has 0 unspecified atom stereocenters. The Kier molecular flexibility index (Phi) is 13.0. The van der Waals surface area contributed by atoms with Crippen LogP contribution in [-0.4, -0.2) is 33.2 Å². The largest absolute Gasteiger partial charge is 0.507 e. The topological polar surface area (TPSA) is 101 Å². The molecule has 0 aromatic heterocycles. The molecule has 1 N–H and O–H groups in total. The number of nitrogens with zero attached hydrogens (tertiary/aromatic N) is 2. The molecule has 1 aliphatic heterocycles. The van der Waals surface area contributed by atoms with Crippen LogP contribution in [-0.2, 0) is 9.59 Å². The number of amides is 1. The summed E-state index contributed by atoms with van der Waals surface area (Å²) in [4.78, 5) is 38.0. The summed E-state index contributed by atoms with van der Waals surface area (Å²) >= 11 is 0. The number of nitro groups is 1. The third kappa shape index (κ3) is 8.97.